The quantitative estimate of drug-likeness (QED) is 0.803. The first kappa shape index (κ1) is 17.4. The van der Waals surface area contributed by atoms with Crippen molar-refractivity contribution in [2.45, 2.75) is 43.8 Å². The van der Waals surface area contributed by atoms with E-state index in [-0.39, 0.29) is 29.3 Å². The summed E-state index contributed by atoms with van der Waals surface area (Å²) >= 11 is 1.58. The molecule has 0 radical (unpaired) electrons. The van der Waals surface area contributed by atoms with Gasteiger partial charge in [-0.05, 0) is 24.8 Å². The first-order valence-corrected chi connectivity index (χ1v) is 10.3. The van der Waals surface area contributed by atoms with Crippen LogP contribution in [0.2, 0.25) is 0 Å². The van der Waals surface area contributed by atoms with E-state index in [1.165, 1.54) is 0 Å². The lowest BCUT2D eigenvalue weighted by molar-refractivity contribution is -0.126. The molecule has 1 unspecified atom stereocenters. The van der Waals surface area contributed by atoms with Gasteiger partial charge in [-0.3, -0.25) is 14.4 Å². The van der Waals surface area contributed by atoms with Crippen molar-refractivity contribution in [3.05, 3.63) is 40.1 Å². The molecule has 3 aliphatic rings. The average Bonchev–Trinajstić information content (AvgIpc) is 3.38. The maximum absolute atomic E-state index is 12.8. The number of aryl methyl sites for hydroxylation is 1. The molecule has 2 atom stereocenters. The highest BCUT2D eigenvalue weighted by molar-refractivity contribution is 7.10. The topological polar surface area (TPSA) is 96.3 Å². The van der Waals surface area contributed by atoms with Crippen LogP contribution in [0.15, 0.2) is 23.8 Å². The summed E-state index contributed by atoms with van der Waals surface area (Å²) < 4.78 is 2.11. The van der Waals surface area contributed by atoms with Crippen molar-refractivity contribution in [1.29, 1.82) is 0 Å². The maximum Gasteiger partial charge on any atom is 0.255 e. The van der Waals surface area contributed by atoms with Crippen LogP contribution in [0, 0.1) is 6.92 Å². The van der Waals surface area contributed by atoms with Gasteiger partial charge in [0.15, 0.2) is 0 Å². The van der Waals surface area contributed by atoms with E-state index in [9.17, 15) is 14.4 Å². The summed E-state index contributed by atoms with van der Waals surface area (Å²) in [6, 6.07) is 1.21. The third kappa shape index (κ3) is 2.56. The van der Waals surface area contributed by atoms with Gasteiger partial charge in [0.05, 0.1) is 17.1 Å². The van der Waals surface area contributed by atoms with Gasteiger partial charge in [0.2, 0.25) is 11.8 Å². The zero-order valence-corrected chi connectivity index (χ0v) is 16.3. The van der Waals surface area contributed by atoms with Crippen molar-refractivity contribution in [2.75, 3.05) is 13.1 Å². The Morgan fingerprint density at radius 1 is 1.39 bits per heavy atom. The van der Waals surface area contributed by atoms with Crippen LogP contribution >= 0.6 is 11.3 Å². The number of amides is 3. The monoisotopic (exact) mass is 399 g/mol. The van der Waals surface area contributed by atoms with E-state index >= 15 is 0 Å². The van der Waals surface area contributed by atoms with Gasteiger partial charge in [0.25, 0.3) is 5.91 Å². The van der Waals surface area contributed by atoms with E-state index in [0.29, 0.717) is 32.4 Å². The normalized spacial score (nSPS) is 24.8. The van der Waals surface area contributed by atoms with Crippen molar-refractivity contribution in [3.8, 4) is 0 Å². The minimum atomic E-state index is -0.464. The molecule has 2 aromatic heterocycles. The second kappa shape index (κ2) is 6.16. The van der Waals surface area contributed by atoms with Gasteiger partial charge in [-0.1, -0.05) is 0 Å². The highest BCUT2D eigenvalue weighted by Crippen LogP contribution is 2.45. The third-order valence-electron chi connectivity index (χ3n) is 6.05. The van der Waals surface area contributed by atoms with Crippen molar-refractivity contribution in [3.63, 3.8) is 0 Å². The number of hydrogen-bond acceptors (Lipinski definition) is 5. The molecule has 8 nitrogen and oxygen atoms in total. The number of nitrogens with one attached hydrogen (secondary N) is 2. The Kier molecular flexibility index (Phi) is 3.84. The van der Waals surface area contributed by atoms with Crippen LogP contribution in [0.1, 0.15) is 46.4 Å². The average molecular weight is 399 g/mol. The number of thiophene rings is 1. The fourth-order valence-corrected chi connectivity index (χ4v) is 5.30. The van der Waals surface area contributed by atoms with Gasteiger partial charge in [0, 0.05) is 43.2 Å². The van der Waals surface area contributed by atoms with Crippen molar-refractivity contribution in [2.24, 2.45) is 0 Å². The second-order valence-electron chi connectivity index (χ2n) is 7.86. The molecule has 2 N–H and O–H groups in total. The molecule has 5 rings (SSSR count). The predicted molar refractivity (Wildman–Crippen MR) is 102 cm³/mol. The SMILES string of the molecule is Cc1sccc1C(=O)N1CC2(CC(NC(=O)[C@H]3CCC(=O)N3)c3nccn32)C1. The lowest BCUT2D eigenvalue weighted by atomic mass is 9.85. The standard InChI is InChI=1S/C19H21N5O3S/c1-11-12(4-7-28-11)18(27)23-9-19(10-23)8-14(16-20-5-6-24(16)19)22-17(26)13-2-3-15(25)21-13/h4-7,13-14H,2-3,8-10H2,1H3,(H,21,25)(H,22,26)/t13-,14?/m1/s1. The minimum absolute atomic E-state index is 0.0622. The second-order valence-corrected chi connectivity index (χ2v) is 8.98. The first-order valence-electron chi connectivity index (χ1n) is 9.44. The fraction of sp³-hybridized carbons (Fsp3) is 0.474. The smallest absolute Gasteiger partial charge is 0.255 e. The lowest BCUT2D eigenvalue weighted by Gasteiger charge is -2.49. The summed E-state index contributed by atoms with van der Waals surface area (Å²) in [7, 11) is 0. The molecule has 0 saturated carbocycles. The van der Waals surface area contributed by atoms with Crippen LogP contribution in [-0.4, -0.2) is 51.3 Å². The number of hydrogen-bond donors (Lipinski definition) is 2. The van der Waals surface area contributed by atoms with Crippen LogP contribution in [-0.2, 0) is 15.1 Å². The van der Waals surface area contributed by atoms with Gasteiger partial charge >= 0.3 is 0 Å². The zero-order valence-electron chi connectivity index (χ0n) is 15.5. The Morgan fingerprint density at radius 3 is 2.89 bits per heavy atom. The molecule has 3 amide bonds. The number of likely N-dealkylation sites (tertiary alicyclic amines) is 1. The molecular formula is C19H21N5O3S. The number of imidazole rings is 1. The summed E-state index contributed by atoms with van der Waals surface area (Å²) in [4.78, 5) is 44.0. The lowest BCUT2D eigenvalue weighted by Crippen LogP contribution is -2.63. The largest absolute Gasteiger partial charge is 0.344 e. The molecule has 9 heteroatoms. The molecule has 146 valence electrons. The Bertz CT molecular complexity index is 974. The van der Waals surface area contributed by atoms with E-state index in [1.54, 1.807) is 17.5 Å². The van der Waals surface area contributed by atoms with E-state index in [1.807, 2.05) is 29.5 Å². The van der Waals surface area contributed by atoms with Gasteiger partial charge in [0.1, 0.15) is 11.9 Å². The molecule has 28 heavy (non-hydrogen) atoms. The number of carbonyl (C=O) groups is 3. The molecule has 2 aromatic rings. The zero-order chi connectivity index (χ0) is 19.5. The Balaban J connectivity index is 1.29. The summed E-state index contributed by atoms with van der Waals surface area (Å²) in [6.45, 7) is 3.18. The number of carbonyl (C=O) groups excluding carboxylic acids is 3. The summed E-state index contributed by atoms with van der Waals surface area (Å²) in [5.74, 6) is 0.633. The Hall–Kier alpha value is -2.68. The molecule has 0 aliphatic carbocycles. The van der Waals surface area contributed by atoms with Gasteiger partial charge in [-0.2, -0.15) is 0 Å². The van der Waals surface area contributed by atoms with Crippen LogP contribution in [0.4, 0.5) is 0 Å². The number of nitrogens with zero attached hydrogens (tertiary/aromatic N) is 3. The van der Waals surface area contributed by atoms with Gasteiger partial charge in [-0.15, -0.1) is 11.3 Å². The van der Waals surface area contributed by atoms with Crippen molar-refractivity contribution >= 4 is 29.1 Å². The molecule has 2 fully saturated rings. The van der Waals surface area contributed by atoms with Crippen LogP contribution in [0.3, 0.4) is 0 Å². The molecule has 5 heterocycles. The van der Waals surface area contributed by atoms with Crippen molar-refractivity contribution < 1.29 is 14.4 Å². The Labute approximate surface area is 165 Å². The number of aromatic nitrogens is 2. The van der Waals surface area contributed by atoms with E-state index in [2.05, 4.69) is 20.2 Å². The predicted octanol–water partition coefficient (Wildman–Crippen LogP) is 0.944. The molecule has 2 saturated heterocycles. The van der Waals surface area contributed by atoms with E-state index in [0.717, 1.165) is 16.3 Å². The molecular weight excluding hydrogens is 378 g/mol. The highest BCUT2D eigenvalue weighted by Gasteiger charge is 2.54. The summed E-state index contributed by atoms with van der Waals surface area (Å²) in [5.41, 5.74) is 0.549. The fourth-order valence-electron chi connectivity index (χ4n) is 4.61. The van der Waals surface area contributed by atoms with E-state index < -0.39 is 6.04 Å². The third-order valence-corrected chi connectivity index (χ3v) is 6.90. The molecule has 3 aliphatic heterocycles. The van der Waals surface area contributed by atoms with Crippen LogP contribution in [0.25, 0.3) is 0 Å². The highest BCUT2D eigenvalue weighted by atomic mass is 32.1. The summed E-state index contributed by atoms with van der Waals surface area (Å²) in [5, 5.41) is 7.70. The Morgan fingerprint density at radius 2 is 2.21 bits per heavy atom. The van der Waals surface area contributed by atoms with Gasteiger partial charge in [-0.25, -0.2) is 4.98 Å². The maximum atomic E-state index is 12.8. The van der Waals surface area contributed by atoms with Crippen molar-refractivity contribution in [1.82, 2.24) is 25.1 Å². The number of fused-ring (bicyclic) bond motifs is 2. The summed E-state index contributed by atoms with van der Waals surface area (Å²) in [6.07, 6.45) is 5.28. The van der Waals surface area contributed by atoms with E-state index in [4.69, 9.17) is 0 Å². The first-order chi connectivity index (χ1) is 13.5. The molecule has 0 aromatic carbocycles. The minimum Gasteiger partial charge on any atom is -0.344 e. The van der Waals surface area contributed by atoms with Gasteiger partial charge < -0.3 is 20.1 Å². The van der Waals surface area contributed by atoms with Crippen LogP contribution < -0.4 is 10.6 Å². The molecule has 0 bridgehead atoms. The molecule has 1 spiro atoms. The van der Waals surface area contributed by atoms with Crippen LogP contribution in [0.5, 0.6) is 0 Å². The number of rotatable bonds is 3.